The first kappa shape index (κ1) is 12.7. The van der Waals surface area contributed by atoms with Crippen molar-refractivity contribution in [2.45, 2.75) is 52.4 Å². The van der Waals surface area contributed by atoms with Gasteiger partial charge in [-0.3, -0.25) is 0 Å². The second-order valence-electron chi connectivity index (χ2n) is 7.98. The van der Waals surface area contributed by atoms with Crippen molar-refractivity contribution in [3.05, 3.63) is 35.6 Å². The van der Waals surface area contributed by atoms with E-state index in [2.05, 4.69) is 38.2 Å². The molecule has 108 valence electrons. The van der Waals surface area contributed by atoms with E-state index in [-0.39, 0.29) is 5.41 Å². The van der Waals surface area contributed by atoms with Crippen molar-refractivity contribution in [2.24, 2.45) is 28.6 Å². The predicted molar refractivity (Wildman–Crippen MR) is 82.3 cm³/mol. The average molecular weight is 270 g/mol. The summed E-state index contributed by atoms with van der Waals surface area (Å²) in [6, 6.07) is 0. The number of hydrogen-bond acceptors (Lipinski definition) is 1. The van der Waals surface area contributed by atoms with Gasteiger partial charge in [-0.25, -0.2) is 0 Å². The fourth-order valence-corrected chi connectivity index (χ4v) is 5.89. The minimum Gasteiger partial charge on any atom is -0.512 e. The fourth-order valence-electron chi connectivity index (χ4n) is 5.89. The van der Waals surface area contributed by atoms with Crippen LogP contribution in [0.2, 0.25) is 0 Å². The maximum atomic E-state index is 10.3. The van der Waals surface area contributed by atoms with Crippen LogP contribution in [-0.4, -0.2) is 5.11 Å². The van der Waals surface area contributed by atoms with E-state index in [9.17, 15) is 5.11 Å². The van der Waals surface area contributed by atoms with Crippen LogP contribution in [0.3, 0.4) is 0 Å². The van der Waals surface area contributed by atoms with Crippen LogP contribution in [0.1, 0.15) is 52.4 Å². The number of allylic oxidation sites excluding steroid dienone is 5. The number of rotatable bonds is 0. The summed E-state index contributed by atoms with van der Waals surface area (Å²) in [6.07, 6.45) is 16.9. The van der Waals surface area contributed by atoms with Crippen LogP contribution >= 0.6 is 0 Å². The molecule has 4 rings (SSSR count). The zero-order valence-corrected chi connectivity index (χ0v) is 12.7. The third-order valence-electron chi connectivity index (χ3n) is 7.04. The van der Waals surface area contributed by atoms with E-state index in [1.165, 1.54) is 37.7 Å². The van der Waals surface area contributed by atoms with Gasteiger partial charge in [-0.15, -0.1) is 0 Å². The SMILES string of the molecule is C[C@@]12CCC[C@H]1[C@@H]1C=CC3=C(O)CC=C[C@]3(C)[C@H]1CC2. The van der Waals surface area contributed by atoms with Gasteiger partial charge in [0.25, 0.3) is 0 Å². The standard InChI is InChI=1S/C19H26O/c1-18-10-3-5-14(18)13-7-8-16-17(20)6-4-11-19(16,2)15(13)9-12-18/h4,7-8,11,13-15,20H,3,5-6,9-10,12H2,1-2H3/t13-,14-,15-,18-,19+/m0/s1. The molecule has 0 spiro atoms. The molecular weight excluding hydrogens is 244 g/mol. The second-order valence-corrected chi connectivity index (χ2v) is 7.98. The highest BCUT2D eigenvalue weighted by molar-refractivity contribution is 5.42. The topological polar surface area (TPSA) is 20.2 Å². The van der Waals surface area contributed by atoms with Crippen LogP contribution in [0.4, 0.5) is 0 Å². The Hall–Kier alpha value is -0.980. The van der Waals surface area contributed by atoms with E-state index in [0.29, 0.717) is 23.5 Å². The lowest BCUT2D eigenvalue weighted by Crippen LogP contribution is -2.46. The zero-order valence-electron chi connectivity index (χ0n) is 12.7. The molecule has 4 aliphatic carbocycles. The van der Waals surface area contributed by atoms with Crippen LogP contribution in [0.5, 0.6) is 0 Å². The molecule has 0 radical (unpaired) electrons. The van der Waals surface area contributed by atoms with E-state index in [1.54, 1.807) is 0 Å². The van der Waals surface area contributed by atoms with Gasteiger partial charge in [-0.1, -0.05) is 44.6 Å². The summed E-state index contributed by atoms with van der Waals surface area (Å²) in [5.74, 6) is 2.88. The van der Waals surface area contributed by atoms with E-state index >= 15 is 0 Å². The minimum absolute atomic E-state index is 0.0751. The summed E-state index contributed by atoms with van der Waals surface area (Å²) in [5.41, 5.74) is 1.86. The molecule has 0 heterocycles. The maximum Gasteiger partial charge on any atom is 0.100 e. The molecule has 20 heavy (non-hydrogen) atoms. The van der Waals surface area contributed by atoms with Crippen molar-refractivity contribution >= 4 is 0 Å². The summed E-state index contributed by atoms with van der Waals surface area (Å²) >= 11 is 0. The lowest BCUT2D eigenvalue weighted by atomic mass is 9.50. The Morgan fingerprint density at radius 2 is 2.00 bits per heavy atom. The van der Waals surface area contributed by atoms with E-state index in [4.69, 9.17) is 0 Å². The van der Waals surface area contributed by atoms with Crippen LogP contribution in [0.25, 0.3) is 0 Å². The van der Waals surface area contributed by atoms with Crippen molar-refractivity contribution in [2.75, 3.05) is 0 Å². The van der Waals surface area contributed by atoms with Gasteiger partial charge in [0.1, 0.15) is 5.76 Å². The molecule has 2 saturated carbocycles. The minimum atomic E-state index is 0.0751. The molecular formula is C19H26O. The highest BCUT2D eigenvalue weighted by Crippen LogP contribution is 2.63. The van der Waals surface area contributed by atoms with Crippen molar-refractivity contribution in [1.29, 1.82) is 0 Å². The maximum absolute atomic E-state index is 10.3. The van der Waals surface area contributed by atoms with Gasteiger partial charge in [-0.2, -0.15) is 0 Å². The van der Waals surface area contributed by atoms with Crippen molar-refractivity contribution in [1.82, 2.24) is 0 Å². The number of aliphatic hydroxyl groups excluding tert-OH is 1. The highest BCUT2D eigenvalue weighted by Gasteiger charge is 2.54. The Labute approximate surface area is 122 Å². The molecule has 0 amide bonds. The molecule has 2 fully saturated rings. The van der Waals surface area contributed by atoms with Crippen LogP contribution < -0.4 is 0 Å². The lowest BCUT2D eigenvalue weighted by molar-refractivity contribution is 0.0245. The first-order valence-electron chi connectivity index (χ1n) is 8.33. The molecule has 1 heteroatoms. The van der Waals surface area contributed by atoms with E-state index < -0.39 is 0 Å². The molecule has 0 unspecified atom stereocenters. The molecule has 5 atom stereocenters. The predicted octanol–water partition coefficient (Wildman–Crippen LogP) is 5.17. The Kier molecular flexibility index (Phi) is 2.56. The summed E-state index contributed by atoms with van der Waals surface area (Å²) in [6.45, 7) is 4.88. The third kappa shape index (κ3) is 1.50. The van der Waals surface area contributed by atoms with Gasteiger partial charge in [0.2, 0.25) is 0 Å². The Bertz CT molecular complexity index is 526. The van der Waals surface area contributed by atoms with Gasteiger partial charge >= 0.3 is 0 Å². The van der Waals surface area contributed by atoms with Crippen molar-refractivity contribution in [3.8, 4) is 0 Å². The smallest absolute Gasteiger partial charge is 0.100 e. The number of hydrogen-bond donors (Lipinski definition) is 1. The van der Waals surface area contributed by atoms with Gasteiger partial charge in [0.05, 0.1) is 0 Å². The van der Waals surface area contributed by atoms with Crippen molar-refractivity contribution < 1.29 is 5.11 Å². The average Bonchev–Trinajstić information content (AvgIpc) is 2.80. The lowest BCUT2D eigenvalue weighted by Gasteiger charge is -2.54. The van der Waals surface area contributed by atoms with E-state index in [1.807, 2.05) is 0 Å². The molecule has 1 N–H and O–H groups in total. The summed E-state index contributed by atoms with van der Waals surface area (Å²) in [7, 11) is 0. The van der Waals surface area contributed by atoms with Gasteiger partial charge in [0.15, 0.2) is 0 Å². The molecule has 0 aliphatic heterocycles. The first-order valence-corrected chi connectivity index (χ1v) is 8.33. The Balaban J connectivity index is 1.79. The summed E-state index contributed by atoms with van der Waals surface area (Å²) in [4.78, 5) is 0. The van der Waals surface area contributed by atoms with Gasteiger partial charge in [0, 0.05) is 11.8 Å². The molecule has 0 aromatic rings. The fraction of sp³-hybridized carbons (Fsp3) is 0.684. The van der Waals surface area contributed by atoms with Crippen LogP contribution in [0.15, 0.2) is 35.6 Å². The third-order valence-corrected chi connectivity index (χ3v) is 7.04. The number of aliphatic hydroxyl groups is 1. The highest BCUT2D eigenvalue weighted by atomic mass is 16.3. The first-order chi connectivity index (χ1) is 9.55. The normalized spacial score (nSPS) is 49.8. The largest absolute Gasteiger partial charge is 0.512 e. The van der Waals surface area contributed by atoms with Crippen molar-refractivity contribution in [3.63, 3.8) is 0 Å². The summed E-state index contributed by atoms with van der Waals surface area (Å²) < 4.78 is 0. The molecule has 0 saturated heterocycles. The molecule has 0 aromatic heterocycles. The monoisotopic (exact) mass is 270 g/mol. The van der Waals surface area contributed by atoms with Crippen LogP contribution in [0, 0.1) is 28.6 Å². The van der Waals surface area contributed by atoms with E-state index in [0.717, 1.165) is 11.8 Å². The molecule has 4 aliphatic rings. The Morgan fingerprint density at radius 1 is 1.15 bits per heavy atom. The Morgan fingerprint density at radius 3 is 2.85 bits per heavy atom. The quantitative estimate of drug-likeness (QED) is 0.602. The number of fused-ring (bicyclic) bond motifs is 5. The second kappa shape index (κ2) is 4.02. The van der Waals surface area contributed by atoms with Crippen LogP contribution in [-0.2, 0) is 0 Å². The molecule has 1 nitrogen and oxygen atoms in total. The zero-order chi connectivity index (χ0) is 14.0. The van der Waals surface area contributed by atoms with Gasteiger partial charge < -0.3 is 5.11 Å². The molecule has 0 bridgehead atoms. The summed E-state index contributed by atoms with van der Waals surface area (Å²) in [5, 5.41) is 10.3. The van der Waals surface area contributed by atoms with Gasteiger partial charge in [-0.05, 0) is 54.4 Å². The molecule has 0 aromatic carbocycles.